The second-order valence-electron chi connectivity index (χ2n) is 7.20. The van der Waals surface area contributed by atoms with E-state index < -0.39 is 0 Å². The zero-order valence-electron chi connectivity index (χ0n) is 16.1. The molecular weight excluding hydrogens is 338 g/mol. The molecule has 0 spiro atoms. The van der Waals surface area contributed by atoms with Crippen LogP contribution in [0.1, 0.15) is 30.9 Å². The van der Waals surface area contributed by atoms with Gasteiger partial charge in [-0.3, -0.25) is 0 Å². The average Bonchev–Trinajstić information content (AvgIpc) is 3.30. The molecule has 0 atom stereocenters. The number of nitrogens with zero attached hydrogens (tertiary/aromatic N) is 5. The van der Waals surface area contributed by atoms with Crippen molar-refractivity contribution in [2.75, 3.05) is 24.7 Å². The van der Waals surface area contributed by atoms with Gasteiger partial charge in [0.1, 0.15) is 5.82 Å². The summed E-state index contributed by atoms with van der Waals surface area (Å²) in [5.41, 5.74) is 4.79. The third-order valence-electron chi connectivity index (χ3n) is 5.47. The van der Waals surface area contributed by atoms with Crippen molar-refractivity contribution in [3.8, 4) is 17.3 Å². The van der Waals surface area contributed by atoms with E-state index in [0.29, 0.717) is 6.04 Å². The summed E-state index contributed by atoms with van der Waals surface area (Å²) >= 11 is 0. The van der Waals surface area contributed by atoms with Crippen LogP contribution >= 0.6 is 0 Å². The van der Waals surface area contributed by atoms with Crippen molar-refractivity contribution < 1.29 is 4.74 Å². The van der Waals surface area contributed by atoms with Crippen LogP contribution in [0, 0.1) is 18.3 Å². The van der Waals surface area contributed by atoms with Gasteiger partial charge in [0.15, 0.2) is 0 Å². The van der Waals surface area contributed by atoms with Crippen LogP contribution in [-0.2, 0) is 11.8 Å². The molecule has 6 heteroatoms. The molecule has 1 fully saturated rings. The number of aryl methyl sites for hydroxylation is 1. The number of aromatic nitrogens is 3. The van der Waals surface area contributed by atoms with Crippen LogP contribution in [0.5, 0.6) is 0 Å². The Labute approximate surface area is 159 Å². The Morgan fingerprint density at radius 3 is 2.70 bits per heavy atom. The molecule has 4 rings (SSSR count). The highest BCUT2D eigenvalue weighted by atomic mass is 16.5. The van der Waals surface area contributed by atoms with Gasteiger partial charge in [0, 0.05) is 61.9 Å². The molecule has 0 unspecified atom stereocenters. The summed E-state index contributed by atoms with van der Waals surface area (Å²) in [6.07, 6.45) is 8.00. The van der Waals surface area contributed by atoms with E-state index >= 15 is 0 Å². The summed E-state index contributed by atoms with van der Waals surface area (Å²) < 4.78 is 9.73. The number of pyridine rings is 1. The van der Waals surface area contributed by atoms with E-state index in [1.54, 1.807) is 0 Å². The molecule has 140 valence electrons. The Bertz CT molecular complexity index is 1000. The fraction of sp³-hybridized carbons (Fsp3) is 0.429. The molecule has 1 aliphatic heterocycles. The van der Waals surface area contributed by atoms with Crippen LogP contribution < -0.4 is 4.90 Å². The van der Waals surface area contributed by atoms with Crippen molar-refractivity contribution in [3.05, 3.63) is 42.0 Å². The van der Waals surface area contributed by atoms with E-state index in [2.05, 4.69) is 46.5 Å². The Kier molecular flexibility index (Phi) is 4.63. The van der Waals surface area contributed by atoms with Gasteiger partial charge in [-0.1, -0.05) is 0 Å². The fourth-order valence-corrected chi connectivity index (χ4v) is 4.08. The van der Waals surface area contributed by atoms with Crippen LogP contribution in [0.15, 0.2) is 30.9 Å². The predicted molar refractivity (Wildman–Crippen MR) is 106 cm³/mol. The maximum Gasteiger partial charge on any atom is 0.117 e. The normalized spacial score (nSPS) is 15.2. The summed E-state index contributed by atoms with van der Waals surface area (Å²) in [4.78, 5) is 6.92. The smallest absolute Gasteiger partial charge is 0.117 e. The van der Waals surface area contributed by atoms with Crippen LogP contribution in [-0.4, -0.2) is 39.8 Å². The van der Waals surface area contributed by atoms with E-state index in [4.69, 9.17) is 4.74 Å². The first kappa shape index (κ1) is 17.6. The lowest BCUT2D eigenvalue weighted by Gasteiger charge is -2.36. The van der Waals surface area contributed by atoms with Crippen molar-refractivity contribution in [1.82, 2.24) is 14.0 Å². The van der Waals surface area contributed by atoms with Crippen molar-refractivity contribution in [3.63, 3.8) is 0 Å². The second-order valence-corrected chi connectivity index (χ2v) is 7.20. The summed E-state index contributed by atoms with van der Waals surface area (Å²) in [7, 11) is 1.97. The molecule has 4 heterocycles. The van der Waals surface area contributed by atoms with Gasteiger partial charge in [0.05, 0.1) is 23.7 Å². The van der Waals surface area contributed by atoms with Crippen LogP contribution in [0.4, 0.5) is 5.82 Å². The lowest BCUT2D eigenvalue weighted by molar-refractivity contribution is 0.0844. The highest BCUT2D eigenvalue weighted by molar-refractivity contribution is 5.73. The maximum atomic E-state index is 9.68. The summed E-state index contributed by atoms with van der Waals surface area (Å²) in [5, 5.41) is 9.68. The quantitative estimate of drug-likeness (QED) is 0.712. The number of nitriles is 1. The van der Waals surface area contributed by atoms with E-state index in [9.17, 15) is 5.26 Å². The number of ether oxygens (including phenoxy) is 1. The zero-order chi connectivity index (χ0) is 19.0. The van der Waals surface area contributed by atoms with Crippen molar-refractivity contribution >= 4 is 11.3 Å². The molecule has 3 aromatic heterocycles. The minimum absolute atomic E-state index is 0.431. The molecule has 0 amide bonds. The Hall–Kier alpha value is -2.78. The van der Waals surface area contributed by atoms with Gasteiger partial charge in [-0.05, 0) is 38.8 Å². The van der Waals surface area contributed by atoms with Crippen LogP contribution in [0.25, 0.3) is 16.8 Å². The molecule has 1 aliphatic rings. The number of anilines is 1. The number of fused-ring (bicyclic) bond motifs is 1. The number of hydrogen-bond acceptors (Lipinski definition) is 4. The first-order valence-electron chi connectivity index (χ1n) is 9.51. The van der Waals surface area contributed by atoms with E-state index in [-0.39, 0.29) is 0 Å². The second kappa shape index (κ2) is 7.09. The van der Waals surface area contributed by atoms with E-state index in [0.717, 1.165) is 66.3 Å². The Balaban J connectivity index is 1.90. The van der Waals surface area contributed by atoms with E-state index in [1.165, 1.54) is 0 Å². The van der Waals surface area contributed by atoms with Gasteiger partial charge in [-0.25, -0.2) is 4.98 Å². The molecule has 0 bridgehead atoms. The zero-order valence-corrected chi connectivity index (χ0v) is 16.1. The molecule has 0 radical (unpaired) electrons. The van der Waals surface area contributed by atoms with Gasteiger partial charge in [-0.2, -0.15) is 5.26 Å². The molecule has 1 saturated heterocycles. The highest BCUT2D eigenvalue weighted by Gasteiger charge is 2.25. The first-order valence-corrected chi connectivity index (χ1v) is 9.51. The number of rotatable bonds is 4. The van der Waals surface area contributed by atoms with E-state index in [1.807, 2.05) is 30.2 Å². The van der Waals surface area contributed by atoms with Gasteiger partial charge >= 0.3 is 0 Å². The third-order valence-corrected chi connectivity index (χ3v) is 5.47. The lowest BCUT2D eigenvalue weighted by atomic mass is 10.0. The molecule has 6 nitrogen and oxygen atoms in total. The van der Waals surface area contributed by atoms with Crippen molar-refractivity contribution in [1.29, 1.82) is 5.26 Å². The van der Waals surface area contributed by atoms with Gasteiger partial charge in [0.2, 0.25) is 0 Å². The molecule has 0 aromatic carbocycles. The minimum atomic E-state index is 0.431. The van der Waals surface area contributed by atoms with Crippen LogP contribution in [0.3, 0.4) is 0 Å². The van der Waals surface area contributed by atoms with Gasteiger partial charge in [-0.15, -0.1) is 0 Å². The largest absolute Gasteiger partial charge is 0.381 e. The third kappa shape index (κ3) is 3.08. The molecule has 0 aliphatic carbocycles. The molecular formula is C21H25N5O. The lowest BCUT2D eigenvalue weighted by Crippen LogP contribution is -2.40. The molecule has 27 heavy (non-hydrogen) atoms. The minimum Gasteiger partial charge on any atom is -0.381 e. The predicted octanol–water partition coefficient (Wildman–Crippen LogP) is 3.53. The Morgan fingerprint density at radius 2 is 2.07 bits per heavy atom. The summed E-state index contributed by atoms with van der Waals surface area (Å²) in [6, 6.07) is 6.90. The maximum absolute atomic E-state index is 9.68. The monoisotopic (exact) mass is 363 g/mol. The fourth-order valence-electron chi connectivity index (χ4n) is 4.08. The molecule has 0 N–H and O–H groups in total. The molecule has 3 aromatic rings. The van der Waals surface area contributed by atoms with Crippen molar-refractivity contribution in [2.45, 2.75) is 32.7 Å². The van der Waals surface area contributed by atoms with Crippen LogP contribution in [0.2, 0.25) is 0 Å². The number of hydrogen-bond donors (Lipinski definition) is 0. The first-order chi connectivity index (χ1) is 13.1. The number of imidazole rings is 1. The summed E-state index contributed by atoms with van der Waals surface area (Å²) in [5.74, 6) is 1.11. The van der Waals surface area contributed by atoms with Gasteiger partial charge in [0.25, 0.3) is 0 Å². The van der Waals surface area contributed by atoms with Crippen molar-refractivity contribution in [2.24, 2.45) is 7.05 Å². The SMILES string of the molecule is CCN(c1c(C)c(C#N)cc2cc(-c3cn(C)cn3)cn12)C1CCOCC1. The molecule has 0 saturated carbocycles. The van der Waals surface area contributed by atoms with Gasteiger partial charge < -0.3 is 18.6 Å². The Morgan fingerprint density at radius 1 is 1.30 bits per heavy atom. The average molecular weight is 363 g/mol. The highest BCUT2D eigenvalue weighted by Crippen LogP contribution is 2.32. The topological polar surface area (TPSA) is 58.5 Å². The standard InChI is InChI=1S/C21H25N5O/c1-4-25(18-5-7-27-8-6-18)21-15(2)16(11-22)9-19-10-17(12-26(19)21)20-13-24(3)14-23-20/h9-10,12-14,18H,4-8H2,1-3H3. The summed E-state index contributed by atoms with van der Waals surface area (Å²) in [6.45, 7) is 6.73.